The normalized spacial score (nSPS) is 18.1. The predicted octanol–water partition coefficient (Wildman–Crippen LogP) is 2.19. The van der Waals surface area contributed by atoms with E-state index in [1.807, 2.05) is 22.6 Å². The van der Waals surface area contributed by atoms with Crippen LogP contribution in [-0.2, 0) is 11.3 Å². The average Bonchev–Trinajstić information content (AvgIpc) is 3.00. The number of ether oxygens (including phenoxy) is 1. The van der Waals surface area contributed by atoms with E-state index in [0.717, 1.165) is 10.9 Å². The number of carbonyl (C=O) groups is 1. The van der Waals surface area contributed by atoms with E-state index in [2.05, 4.69) is 10.3 Å². The monoisotopic (exact) mass is 406 g/mol. The topological polar surface area (TPSA) is 60.3 Å². The van der Waals surface area contributed by atoms with E-state index in [0.29, 0.717) is 9.26 Å². The van der Waals surface area contributed by atoms with Gasteiger partial charge in [-0.05, 0) is 40.8 Å². The van der Waals surface area contributed by atoms with Gasteiger partial charge in [-0.2, -0.15) is 4.39 Å². The van der Waals surface area contributed by atoms with Crippen LogP contribution in [0, 0.1) is 15.3 Å². The fraction of sp³-hybridized carbons (Fsp3) is 0.250. The first-order valence-electron chi connectivity index (χ1n) is 6.02. The Balaban J connectivity index is 1.75. The van der Waals surface area contributed by atoms with E-state index in [-0.39, 0.29) is 13.1 Å². The number of hydrogen-bond donors (Lipinski definition) is 0. The van der Waals surface area contributed by atoms with Crippen molar-refractivity contribution in [3.8, 4) is 0 Å². The zero-order valence-electron chi connectivity index (χ0n) is 10.5. The first-order chi connectivity index (χ1) is 10.0. The Kier molecular flexibility index (Phi) is 3.74. The lowest BCUT2D eigenvalue weighted by atomic mass is 10.2. The summed E-state index contributed by atoms with van der Waals surface area (Å²) in [5, 5.41) is 6.96. The molecule has 110 valence electrons. The molecule has 1 aliphatic heterocycles. The maximum Gasteiger partial charge on any atom is 0.414 e. The second-order valence-corrected chi connectivity index (χ2v) is 5.62. The molecule has 1 aromatic heterocycles. The quantitative estimate of drug-likeness (QED) is 0.734. The Morgan fingerprint density at radius 3 is 2.90 bits per heavy atom. The molecular formula is C12H9F2IN4O2. The van der Waals surface area contributed by atoms with Gasteiger partial charge < -0.3 is 4.74 Å². The van der Waals surface area contributed by atoms with Crippen molar-refractivity contribution < 1.29 is 18.3 Å². The summed E-state index contributed by atoms with van der Waals surface area (Å²) < 4.78 is 33.4. The van der Waals surface area contributed by atoms with E-state index in [1.54, 1.807) is 12.1 Å². The molecule has 3 rings (SSSR count). The summed E-state index contributed by atoms with van der Waals surface area (Å²) in [6.45, 7) is 0.249. The minimum atomic E-state index is -0.607. The van der Waals surface area contributed by atoms with Gasteiger partial charge in [0.15, 0.2) is 0 Å². The van der Waals surface area contributed by atoms with Crippen molar-refractivity contribution in [1.29, 1.82) is 0 Å². The maximum atomic E-state index is 13.6. The molecule has 0 aliphatic carbocycles. The number of aromatic nitrogens is 3. The van der Waals surface area contributed by atoms with Crippen LogP contribution in [0.15, 0.2) is 24.4 Å². The van der Waals surface area contributed by atoms with Gasteiger partial charge in [0.05, 0.1) is 18.8 Å². The summed E-state index contributed by atoms with van der Waals surface area (Å²) in [4.78, 5) is 13.1. The SMILES string of the molecule is O=C1O[C@@H](Cn2nncc2F)CN1c1ccc(I)c(F)c1. The molecule has 1 amide bonds. The molecule has 0 saturated carbocycles. The highest BCUT2D eigenvalue weighted by Gasteiger charge is 2.33. The summed E-state index contributed by atoms with van der Waals surface area (Å²) in [5.41, 5.74) is 0.402. The fourth-order valence-corrected chi connectivity index (χ4v) is 2.38. The summed E-state index contributed by atoms with van der Waals surface area (Å²) in [6.07, 6.45) is -0.194. The van der Waals surface area contributed by atoms with E-state index in [9.17, 15) is 13.6 Å². The lowest BCUT2D eigenvalue weighted by Gasteiger charge is -2.13. The van der Waals surface area contributed by atoms with Crippen molar-refractivity contribution in [3.63, 3.8) is 0 Å². The Hall–Kier alpha value is -1.78. The lowest BCUT2D eigenvalue weighted by Crippen LogP contribution is -2.26. The van der Waals surface area contributed by atoms with Gasteiger partial charge in [0.2, 0.25) is 5.95 Å². The summed E-state index contributed by atoms with van der Waals surface area (Å²) >= 11 is 1.86. The molecule has 0 bridgehead atoms. The molecule has 2 heterocycles. The number of nitrogens with zero attached hydrogens (tertiary/aromatic N) is 4. The molecule has 1 aliphatic rings. The standard InChI is InChI=1S/C12H9F2IN4O2/c13-9-3-7(1-2-10(9)15)18-5-8(21-12(18)20)6-19-11(14)4-16-17-19/h1-4,8H,5-6H2/t8-/m1/s1. The molecule has 0 N–H and O–H groups in total. The number of benzene rings is 1. The van der Waals surface area contributed by atoms with Gasteiger partial charge in [0.25, 0.3) is 0 Å². The second-order valence-electron chi connectivity index (χ2n) is 4.45. The first kappa shape index (κ1) is 14.2. The van der Waals surface area contributed by atoms with Crippen LogP contribution in [0.25, 0.3) is 0 Å². The van der Waals surface area contributed by atoms with E-state index < -0.39 is 24.0 Å². The number of carbonyl (C=O) groups excluding carboxylic acids is 1. The molecule has 1 aromatic carbocycles. The van der Waals surface area contributed by atoms with Gasteiger partial charge in [-0.3, -0.25) is 4.90 Å². The van der Waals surface area contributed by atoms with Gasteiger partial charge in [-0.25, -0.2) is 13.9 Å². The van der Waals surface area contributed by atoms with Crippen LogP contribution in [-0.4, -0.2) is 33.7 Å². The lowest BCUT2D eigenvalue weighted by molar-refractivity contribution is 0.126. The molecule has 2 aromatic rings. The number of halogens is 3. The van der Waals surface area contributed by atoms with Crippen molar-refractivity contribution in [2.45, 2.75) is 12.6 Å². The minimum Gasteiger partial charge on any atom is -0.442 e. The molecule has 1 atom stereocenters. The van der Waals surface area contributed by atoms with Crippen LogP contribution < -0.4 is 4.90 Å². The smallest absolute Gasteiger partial charge is 0.414 e. The van der Waals surface area contributed by atoms with Crippen LogP contribution in [0.3, 0.4) is 0 Å². The molecular weight excluding hydrogens is 397 g/mol. The Bertz CT molecular complexity index is 694. The van der Waals surface area contributed by atoms with Crippen LogP contribution in [0.2, 0.25) is 0 Å². The molecule has 1 fully saturated rings. The molecule has 0 radical (unpaired) electrons. The van der Waals surface area contributed by atoms with Crippen LogP contribution in [0.5, 0.6) is 0 Å². The van der Waals surface area contributed by atoms with Crippen LogP contribution in [0.1, 0.15) is 0 Å². The third-order valence-corrected chi connectivity index (χ3v) is 3.91. The van der Waals surface area contributed by atoms with E-state index >= 15 is 0 Å². The number of rotatable bonds is 3. The first-order valence-corrected chi connectivity index (χ1v) is 7.09. The number of amides is 1. The van der Waals surface area contributed by atoms with Gasteiger partial charge in [-0.15, -0.1) is 5.10 Å². The van der Waals surface area contributed by atoms with Gasteiger partial charge >= 0.3 is 6.09 Å². The summed E-state index contributed by atoms with van der Waals surface area (Å²) in [6, 6.07) is 4.47. The second kappa shape index (κ2) is 5.54. The van der Waals surface area contributed by atoms with Crippen molar-refractivity contribution in [2.75, 3.05) is 11.4 Å². The summed E-state index contributed by atoms with van der Waals surface area (Å²) in [7, 11) is 0. The number of cyclic esters (lactones) is 1. The van der Waals surface area contributed by atoms with E-state index in [1.165, 1.54) is 11.0 Å². The fourth-order valence-electron chi connectivity index (χ4n) is 2.04. The van der Waals surface area contributed by atoms with Crippen molar-refractivity contribution in [3.05, 3.63) is 39.7 Å². The van der Waals surface area contributed by atoms with Crippen molar-refractivity contribution >= 4 is 34.4 Å². The average molecular weight is 406 g/mol. The van der Waals surface area contributed by atoms with Crippen LogP contribution in [0.4, 0.5) is 19.3 Å². The Labute approximate surface area is 131 Å². The molecule has 6 nitrogen and oxygen atoms in total. The maximum absolute atomic E-state index is 13.6. The zero-order valence-corrected chi connectivity index (χ0v) is 12.7. The molecule has 9 heteroatoms. The van der Waals surface area contributed by atoms with Gasteiger partial charge in [0, 0.05) is 3.57 Å². The molecule has 0 spiro atoms. The Morgan fingerprint density at radius 1 is 1.43 bits per heavy atom. The zero-order chi connectivity index (χ0) is 15.0. The van der Waals surface area contributed by atoms with Gasteiger partial charge in [-0.1, -0.05) is 5.21 Å². The van der Waals surface area contributed by atoms with E-state index in [4.69, 9.17) is 4.74 Å². The molecule has 21 heavy (non-hydrogen) atoms. The highest BCUT2D eigenvalue weighted by molar-refractivity contribution is 14.1. The van der Waals surface area contributed by atoms with Gasteiger partial charge in [0.1, 0.15) is 18.1 Å². The molecule has 0 unspecified atom stereocenters. The largest absolute Gasteiger partial charge is 0.442 e. The molecule has 1 saturated heterocycles. The third kappa shape index (κ3) is 2.82. The van der Waals surface area contributed by atoms with Crippen LogP contribution >= 0.6 is 22.6 Å². The minimum absolute atomic E-state index is 0.0565. The number of anilines is 1. The van der Waals surface area contributed by atoms with Crippen molar-refractivity contribution in [1.82, 2.24) is 15.0 Å². The highest BCUT2D eigenvalue weighted by Crippen LogP contribution is 2.25. The summed E-state index contributed by atoms with van der Waals surface area (Å²) in [5.74, 6) is -1.02. The van der Waals surface area contributed by atoms with Crippen molar-refractivity contribution in [2.24, 2.45) is 0 Å². The predicted molar refractivity (Wildman–Crippen MR) is 76.7 cm³/mol. The highest BCUT2D eigenvalue weighted by atomic mass is 127. The number of hydrogen-bond acceptors (Lipinski definition) is 4. The third-order valence-electron chi connectivity index (χ3n) is 3.04. The Morgan fingerprint density at radius 2 is 2.24 bits per heavy atom.